The van der Waals surface area contributed by atoms with Gasteiger partial charge in [0.15, 0.2) is 0 Å². The summed E-state index contributed by atoms with van der Waals surface area (Å²) in [6.07, 6.45) is 7.97. The van der Waals surface area contributed by atoms with E-state index in [9.17, 15) is 0 Å². The molecule has 2 aromatic heterocycles. The molecule has 0 radical (unpaired) electrons. The van der Waals surface area contributed by atoms with Gasteiger partial charge >= 0.3 is 40.8 Å². The maximum Gasteiger partial charge on any atom is 2.00 e. The molecule has 0 spiro atoms. The zero-order valence-corrected chi connectivity index (χ0v) is 22.7. The number of benzene rings is 1. The molecule has 3 aromatic rings. The summed E-state index contributed by atoms with van der Waals surface area (Å²) in [6.45, 7) is 4.09. The average molecular weight is 683 g/mol. The van der Waals surface area contributed by atoms with E-state index in [2.05, 4.69) is 32.1 Å². The Hall–Kier alpha value is -0.655. The van der Waals surface area contributed by atoms with Crippen LogP contribution in [0.5, 0.6) is 0 Å². The Kier molecular flexibility index (Phi) is 24.3. The first kappa shape index (κ1) is 37.6. The van der Waals surface area contributed by atoms with E-state index in [1.807, 2.05) is 56.5 Å². The molecule has 0 amide bonds. The molecule has 31 heavy (non-hydrogen) atoms. The van der Waals surface area contributed by atoms with E-state index in [4.69, 9.17) is 0 Å². The first-order valence-corrected chi connectivity index (χ1v) is 8.21. The summed E-state index contributed by atoms with van der Waals surface area (Å²) in [5.41, 5.74) is 5.94. The fourth-order valence-electron chi connectivity index (χ4n) is 2.41. The van der Waals surface area contributed by atoms with Gasteiger partial charge in [0.05, 0.1) is 23.3 Å². The van der Waals surface area contributed by atoms with Crippen molar-refractivity contribution in [2.75, 3.05) is 0 Å². The Morgan fingerprint density at radius 2 is 1.29 bits per heavy atom. The third-order valence-corrected chi connectivity index (χ3v) is 3.80. The normalized spacial score (nSPS) is 9.23. The molecule has 0 fully saturated rings. The zero-order chi connectivity index (χ0) is 17.5. The van der Waals surface area contributed by atoms with Crippen LogP contribution in [-0.2, 0) is 47.3 Å². The van der Waals surface area contributed by atoms with Crippen molar-refractivity contribution in [3.05, 3.63) is 83.4 Å². The molecule has 0 aliphatic heterocycles. The monoisotopic (exact) mass is 680 g/mol. The van der Waals surface area contributed by atoms with Gasteiger partial charge in [0.25, 0.3) is 0 Å². The van der Waals surface area contributed by atoms with Gasteiger partial charge in [-0.3, -0.25) is 20.0 Å². The minimum absolute atomic E-state index is 0. The van der Waals surface area contributed by atoms with Crippen LogP contribution in [0, 0.1) is 13.8 Å². The van der Waals surface area contributed by atoms with E-state index >= 15 is 0 Å². The standard InChI is InChI=1S/C21H20N4.4ClH.2Pd/c1-16-14-21(25-15-19-8-4-6-11-23-19)17(2)13-20(16)24-12-9-18-7-3-5-10-22-18;;;;;;/h3-8,10-15H,9H2,1-2H3;4*1H;;/q;;;;;2*+2/p-4. The Labute approximate surface area is 236 Å². The summed E-state index contributed by atoms with van der Waals surface area (Å²) < 4.78 is 0. The molecular weight excluding hydrogens is 663 g/mol. The second-order valence-corrected chi connectivity index (χ2v) is 5.77. The third-order valence-electron chi connectivity index (χ3n) is 3.80. The number of aliphatic imine (C=N–C) groups is 2. The van der Waals surface area contributed by atoms with E-state index in [1.165, 1.54) is 0 Å². The van der Waals surface area contributed by atoms with Crippen LogP contribution in [0.3, 0.4) is 0 Å². The van der Waals surface area contributed by atoms with Crippen LogP contribution >= 0.6 is 0 Å². The van der Waals surface area contributed by atoms with Gasteiger partial charge in [-0.05, 0) is 61.4 Å². The SMILES string of the molecule is Cc1cc(N=Cc2ccccn2)c(C)cc1N=CCc1ccccn1.[Cl-].[Cl-].[Cl-].[Cl-].[Pd+2].[Pd+2]. The van der Waals surface area contributed by atoms with Gasteiger partial charge in [-0.1, -0.05) is 12.1 Å². The smallest absolute Gasteiger partial charge is 1.00 e. The van der Waals surface area contributed by atoms with E-state index in [0.717, 1.165) is 40.3 Å². The molecule has 4 nitrogen and oxygen atoms in total. The summed E-state index contributed by atoms with van der Waals surface area (Å²) >= 11 is 0. The molecular formula is C21H20Cl4N4Pd2. The molecule has 0 atom stereocenters. The molecule has 1 aromatic carbocycles. The number of hydrogen-bond acceptors (Lipinski definition) is 4. The van der Waals surface area contributed by atoms with Crippen LogP contribution < -0.4 is 49.6 Å². The number of hydrogen-bond donors (Lipinski definition) is 0. The number of halogens is 4. The van der Waals surface area contributed by atoms with Crippen LogP contribution in [0.4, 0.5) is 11.4 Å². The molecule has 0 aliphatic rings. The fourth-order valence-corrected chi connectivity index (χ4v) is 2.41. The summed E-state index contributed by atoms with van der Waals surface area (Å²) in [5.74, 6) is 0. The zero-order valence-electron chi connectivity index (χ0n) is 16.6. The minimum atomic E-state index is 0. The van der Waals surface area contributed by atoms with Crippen LogP contribution in [-0.4, -0.2) is 22.4 Å². The van der Waals surface area contributed by atoms with Crippen LogP contribution in [0.1, 0.15) is 22.5 Å². The van der Waals surface area contributed by atoms with E-state index in [-0.39, 0.29) is 90.5 Å². The van der Waals surface area contributed by atoms with E-state index in [0.29, 0.717) is 0 Å². The topological polar surface area (TPSA) is 50.5 Å². The second kappa shape index (κ2) is 20.0. The first-order valence-electron chi connectivity index (χ1n) is 8.21. The van der Waals surface area contributed by atoms with Crippen molar-refractivity contribution in [2.45, 2.75) is 20.3 Å². The number of rotatable bonds is 5. The van der Waals surface area contributed by atoms with E-state index < -0.39 is 0 Å². The summed E-state index contributed by atoms with van der Waals surface area (Å²) in [5, 5.41) is 0. The van der Waals surface area contributed by atoms with Crippen LogP contribution in [0.2, 0.25) is 0 Å². The average Bonchev–Trinajstić information content (AvgIpc) is 2.65. The summed E-state index contributed by atoms with van der Waals surface area (Å²) in [7, 11) is 0. The third kappa shape index (κ3) is 12.2. The predicted octanol–water partition coefficient (Wildman–Crippen LogP) is -7.20. The molecule has 0 unspecified atom stereocenters. The number of aromatic nitrogens is 2. The summed E-state index contributed by atoms with van der Waals surface area (Å²) in [4.78, 5) is 17.7. The predicted molar refractivity (Wildman–Crippen MR) is 104 cm³/mol. The van der Waals surface area contributed by atoms with Crippen molar-refractivity contribution < 1.29 is 90.5 Å². The number of aryl methyl sites for hydroxylation is 2. The van der Waals surface area contributed by atoms with Gasteiger partial charge in [0, 0.05) is 30.7 Å². The van der Waals surface area contributed by atoms with Crippen LogP contribution in [0.15, 0.2) is 70.9 Å². The van der Waals surface area contributed by atoms with Gasteiger partial charge in [-0.2, -0.15) is 0 Å². The summed E-state index contributed by atoms with van der Waals surface area (Å²) in [6, 6.07) is 15.8. The van der Waals surface area contributed by atoms with Gasteiger partial charge in [-0.25, -0.2) is 0 Å². The molecule has 0 saturated carbocycles. The molecule has 0 aliphatic carbocycles. The van der Waals surface area contributed by atoms with Gasteiger partial charge < -0.3 is 49.6 Å². The molecule has 172 valence electrons. The van der Waals surface area contributed by atoms with Crippen molar-refractivity contribution in [2.24, 2.45) is 9.98 Å². The van der Waals surface area contributed by atoms with Crippen molar-refractivity contribution in [3.8, 4) is 0 Å². The first-order chi connectivity index (χ1) is 12.2. The van der Waals surface area contributed by atoms with Gasteiger partial charge in [-0.15, -0.1) is 0 Å². The van der Waals surface area contributed by atoms with Crippen molar-refractivity contribution in [1.82, 2.24) is 9.97 Å². The Morgan fingerprint density at radius 1 is 0.742 bits per heavy atom. The Balaban J connectivity index is -0.000000607. The minimum Gasteiger partial charge on any atom is -1.00 e. The quantitative estimate of drug-likeness (QED) is 0.199. The molecule has 10 heteroatoms. The van der Waals surface area contributed by atoms with E-state index in [1.54, 1.807) is 18.6 Å². The molecule has 0 N–H and O–H groups in total. The maximum atomic E-state index is 4.59. The molecule has 2 heterocycles. The molecule has 3 rings (SSSR count). The second-order valence-electron chi connectivity index (χ2n) is 5.77. The Morgan fingerprint density at radius 3 is 1.81 bits per heavy atom. The van der Waals surface area contributed by atoms with Gasteiger partial charge in [0.2, 0.25) is 0 Å². The van der Waals surface area contributed by atoms with Gasteiger partial charge in [0.1, 0.15) is 0 Å². The number of pyridine rings is 2. The van der Waals surface area contributed by atoms with Crippen molar-refractivity contribution >= 4 is 23.8 Å². The van der Waals surface area contributed by atoms with Crippen molar-refractivity contribution in [1.29, 1.82) is 0 Å². The largest absolute Gasteiger partial charge is 2.00 e. The van der Waals surface area contributed by atoms with Crippen molar-refractivity contribution in [3.63, 3.8) is 0 Å². The number of nitrogens with zero attached hydrogens (tertiary/aromatic N) is 4. The molecule has 0 saturated heterocycles. The Bertz CT molecular complexity index is 912. The van der Waals surface area contributed by atoms with Crippen LogP contribution in [0.25, 0.3) is 0 Å². The maximum absolute atomic E-state index is 4.59. The molecule has 0 bridgehead atoms. The fraction of sp³-hybridized carbons (Fsp3) is 0.143.